The van der Waals surface area contributed by atoms with E-state index in [1.807, 2.05) is 38.1 Å². The fraction of sp³-hybridized carbons (Fsp3) is 0.150. The Bertz CT molecular complexity index is 968. The van der Waals surface area contributed by atoms with E-state index < -0.39 is 0 Å². The third-order valence-electron chi connectivity index (χ3n) is 3.97. The standard InChI is InChI=1S/C20H18BrN3O2/c1-12(2)18-11-16(15-5-3-4-6-17(15)22-18)20(26)24-23-19(25)13-7-9-14(21)10-8-13/h3-12H,1-2H3,(H,23,25)(H,24,26). The molecule has 0 saturated carbocycles. The second kappa shape index (κ2) is 7.66. The number of halogens is 1. The number of hydrogen-bond donors (Lipinski definition) is 2. The molecule has 1 aromatic heterocycles. The number of hydrazine groups is 1. The third kappa shape index (κ3) is 3.91. The fourth-order valence-electron chi connectivity index (χ4n) is 2.53. The van der Waals surface area contributed by atoms with Crippen molar-refractivity contribution in [3.8, 4) is 0 Å². The topological polar surface area (TPSA) is 71.1 Å². The van der Waals surface area contributed by atoms with Crippen molar-refractivity contribution in [3.05, 3.63) is 75.9 Å². The Labute approximate surface area is 159 Å². The molecule has 1 heterocycles. The van der Waals surface area contributed by atoms with Gasteiger partial charge in [0.1, 0.15) is 0 Å². The van der Waals surface area contributed by atoms with Crippen LogP contribution in [0.1, 0.15) is 46.2 Å². The third-order valence-corrected chi connectivity index (χ3v) is 4.50. The van der Waals surface area contributed by atoms with Crippen LogP contribution in [0, 0.1) is 0 Å². The number of nitrogens with one attached hydrogen (secondary N) is 2. The molecule has 2 amide bonds. The minimum absolute atomic E-state index is 0.184. The largest absolute Gasteiger partial charge is 0.270 e. The van der Waals surface area contributed by atoms with Crippen LogP contribution in [0.5, 0.6) is 0 Å². The summed E-state index contributed by atoms with van der Waals surface area (Å²) >= 11 is 3.32. The summed E-state index contributed by atoms with van der Waals surface area (Å²) in [4.78, 5) is 29.4. The van der Waals surface area contributed by atoms with E-state index in [0.29, 0.717) is 11.1 Å². The number of carbonyl (C=O) groups is 2. The van der Waals surface area contributed by atoms with E-state index in [9.17, 15) is 9.59 Å². The summed E-state index contributed by atoms with van der Waals surface area (Å²) < 4.78 is 0.877. The molecule has 0 bridgehead atoms. The van der Waals surface area contributed by atoms with Crippen LogP contribution >= 0.6 is 15.9 Å². The van der Waals surface area contributed by atoms with E-state index in [1.165, 1.54) is 0 Å². The highest BCUT2D eigenvalue weighted by molar-refractivity contribution is 9.10. The van der Waals surface area contributed by atoms with Gasteiger partial charge in [-0.3, -0.25) is 25.4 Å². The Hall–Kier alpha value is -2.73. The lowest BCUT2D eigenvalue weighted by Gasteiger charge is -2.12. The van der Waals surface area contributed by atoms with Crippen LogP contribution in [-0.4, -0.2) is 16.8 Å². The fourth-order valence-corrected chi connectivity index (χ4v) is 2.80. The van der Waals surface area contributed by atoms with Crippen molar-refractivity contribution in [1.29, 1.82) is 0 Å². The molecule has 0 aliphatic carbocycles. The number of nitrogens with zero attached hydrogens (tertiary/aromatic N) is 1. The van der Waals surface area contributed by atoms with Crippen molar-refractivity contribution in [2.45, 2.75) is 19.8 Å². The van der Waals surface area contributed by atoms with E-state index in [4.69, 9.17) is 0 Å². The molecule has 0 fully saturated rings. The number of rotatable bonds is 3. The summed E-state index contributed by atoms with van der Waals surface area (Å²) in [5.74, 6) is -0.576. The molecule has 3 rings (SSSR count). The van der Waals surface area contributed by atoms with Gasteiger partial charge in [-0.2, -0.15) is 0 Å². The highest BCUT2D eigenvalue weighted by atomic mass is 79.9. The van der Waals surface area contributed by atoms with Crippen molar-refractivity contribution < 1.29 is 9.59 Å². The van der Waals surface area contributed by atoms with Crippen molar-refractivity contribution in [1.82, 2.24) is 15.8 Å². The van der Waals surface area contributed by atoms with Gasteiger partial charge in [-0.05, 0) is 42.3 Å². The molecular formula is C20H18BrN3O2. The normalized spacial score (nSPS) is 10.8. The van der Waals surface area contributed by atoms with Crippen LogP contribution < -0.4 is 10.9 Å². The second-order valence-electron chi connectivity index (χ2n) is 6.18. The summed E-state index contributed by atoms with van der Waals surface area (Å²) in [6.07, 6.45) is 0. The number of aromatic nitrogens is 1. The number of hydrogen-bond acceptors (Lipinski definition) is 3. The highest BCUT2D eigenvalue weighted by Gasteiger charge is 2.15. The van der Waals surface area contributed by atoms with Gasteiger partial charge in [0, 0.05) is 21.1 Å². The molecule has 0 atom stereocenters. The van der Waals surface area contributed by atoms with Gasteiger partial charge in [-0.25, -0.2) is 0 Å². The molecule has 0 aliphatic rings. The first-order chi connectivity index (χ1) is 12.5. The van der Waals surface area contributed by atoms with Crippen LogP contribution in [0.25, 0.3) is 10.9 Å². The SMILES string of the molecule is CC(C)c1cc(C(=O)NNC(=O)c2ccc(Br)cc2)c2ccccc2n1. The number of fused-ring (bicyclic) bond motifs is 1. The zero-order valence-electron chi connectivity index (χ0n) is 14.4. The predicted molar refractivity (Wildman–Crippen MR) is 105 cm³/mol. The van der Waals surface area contributed by atoms with Gasteiger partial charge < -0.3 is 0 Å². The molecule has 0 unspecified atom stereocenters. The molecular weight excluding hydrogens is 394 g/mol. The van der Waals surface area contributed by atoms with E-state index in [-0.39, 0.29) is 17.7 Å². The number of pyridine rings is 1. The maximum Gasteiger partial charge on any atom is 0.270 e. The van der Waals surface area contributed by atoms with Crippen LogP contribution in [-0.2, 0) is 0 Å². The molecule has 6 heteroatoms. The van der Waals surface area contributed by atoms with Crippen molar-refractivity contribution in [3.63, 3.8) is 0 Å². The van der Waals surface area contributed by atoms with Crippen molar-refractivity contribution in [2.24, 2.45) is 0 Å². The van der Waals surface area contributed by atoms with E-state index >= 15 is 0 Å². The first-order valence-corrected chi connectivity index (χ1v) is 9.01. The zero-order chi connectivity index (χ0) is 18.7. The van der Waals surface area contributed by atoms with Crippen LogP contribution in [0.3, 0.4) is 0 Å². The average molecular weight is 412 g/mol. The monoisotopic (exact) mass is 411 g/mol. The molecule has 3 aromatic rings. The molecule has 0 aliphatic heterocycles. The lowest BCUT2D eigenvalue weighted by atomic mass is 10.0. The maximum atomic E-state index is 12.7. The Morgan fingerprint density at radius 3 is 2.31 bits per heavy atom. The van der Waals surface area contributed by atoms with Gasteiger partial charge in [-0.1, -0.05) is 48.0 Å². The van der Waals surface area contributed by atoms with Gasteiger partial charge in [0.05, 0.1) is 11.1 Å². The summed E-state index contributed by atoms with van der Waals surface area (Å²) in [7, 11) is 0. The number of benzene rings is 2. The molecule has 26 heavy (non-hydrogen) atoms. The summed E-state index contributed by atoms with van der Waals surface area (Å²) in [6, 6.07) is 16.1. The second-order valence-corrected chi connectivity index (χ2v) is 7.10. The van der Waals surface area contributed by atoms with E-state index in [1.54, 1.807) is 30.3 Å². The average Bonchev–Trinajstić information content (AvgIpc) is 2.65. The Morgan fingerprint density at radius 2 is 1.62 bits per heavy atom. The number of carbonyl (C=O) groups excluding carboxylic acids is 2. The van der Waals surface area contributed by atoms with Crippen LogP contribution in [0.15, 0.2) is 59.1 Å². The van der Waals surface area contributed by atoms with E-state index in [0.717, 1.165) is 21.1 Å². The molecule has 2 aromatic carbocycles. The number of para-hydroxylation sites is 1. The number of amides is 2. The van der Waals surface area contributed by atoms with Crippen molar-refractivity contribution in [2.75, 3.05) is 0 Å². The Kier molecular flexibility index (Phi) is 5.32. The maximum absolute atomic E-state index is 12.7. The lowest BCUT2D eigenvalue weighted by molar-refractivity contribution is 0.0847. The first kappa shape index (κ1) is 18.1. The van der Waals surface area contributed by atoms with Gasteiger partial charge in [0.15, 0.2) is 0 Å². The Balaban J connectivity index is 1.83. The zero-order valence-corrected chi connectivity index (χ0v) is 16.0. The van der Waals surface area contributed by atoms with Crippen molar-refractivity contribution >= 4 is 38.6 Å². The predicted octanol–water partition coefficient (Wildman–Crippen LogP) is 4.20. The lowest BCUT2D eigenvalue weighted by Crippen LogP contribution is -2.41. The van der Waals surface area contributed by atoms with E-state index in [2.05, 4.69) is 31.8 Å². The van der Waals surface area contributed by atoms with Crippen LogP contribution in [0.4, 0.5) is 0 Å². The van der Waals surface area contributed by atoms with Crippen LogP contribution in [0.2, 0.25) is 0 Å². The van der Waals surface area contributed by atoms with Gasteiger partial charge in [-0.15, -0.1) is 0 Å². The summed E-state index contributed by atoms with van der Waals surface area (Å²) in [6.45, 7) is 4.04. The Morgan fingerprint density at radius 1 is 0.962 bits per heavy atom. The molecule has 5 nitrogen and oxygen atoms in total. The van der Waals surface area contributed by atoms with Gasteiger partial charge in [0.25, 0.3) is 11.8 Å². The summed E-state index contributed by atoms with van der Waals surface area (Å²) in [5.41, 5.74) is 7.46. The molecule has 0 spiro atoms. The first-order valence-electron chi connectivity index (χ1n) is 8.21. The minimum Gasteiger partial charge on any atom is -0.267 e. The molecule has 2 N–H and O–H groups in total. The minimum atomic E-state index is -0.381. The van der Waals surface area contributed by atoms with Gasteiger partial charge >= 0.3 is 0 Å². The quantitative estimate of drug-likeness (QED) is 0.634. The smallest absolute Gasteiger partial charge is 0.267 e. The van der Waals surface area contributed by atoms with Gasteiger partial charge in [0.2, 0.25) is 0 Å². The molecule has 0 saturated heterocycles. The molecule has 0 radical (unpaired) electrons. The summed E-state index contributed by atoms with van der Waals surface area (Å²) in [5, 5.41) is 0.743. The highest BCUT2D eigenvalue weighted by Crippen LogP contribution is 2.22. The molecule has 132 valence electrons.